The number of fused-ring (bicyclic) bond motifs is 3. The van der Waals surface area contributed by atoms with Crippen molar-refractivity contribution in [1.82, 2.24) is 5.32 Å². The van der Waals surface area contributed by atoms with Crippen LogP contribution >= 0.6 is 12.4 Å². The fourth-order valence-corrected chi connectivity index (χ4v) is 3.26. The smallest absolute Gasteiger partial charge is 0.407 e. The molecule has 6 nitrogen and oxygen atoms in total. The van der Waals surface area contributed by atoms with Crippen LogP contribution in [0.15, 0.2) is 48.5 Å². The van der Waals surface area contributed by atoms with Crippen molar-refractivity contribution in [2.45, 2.75) is 24.9 Å². The van der Waals surface area contributed by atoms with E-state index in [0.717, 1.165) is 22.3 Å². The number of nitrogens with two attached hydrogens (primary N) is 1. The fraction of sp³-hybridized carbons (Fsp3) is 0.300. The number of hydrogen-bond donors (Lipinski definition) is 2. The largest absolute Gasteiger partial charge is 0.468 e. The number of halogens is 1. The van der Waals surface area contributed by atoms with Gasteiger partial charge in [-0.15, -0.1) is 12.4 Å². The number of ether oxygens (including phenoxy) is 2. The lowest BCUT2D eigenvalue weighted by atomic mass is 9.98. The molecule has 1 amide bonds. The molecule has 3 N–H and O–H groups in total. The number of amides is 1. The van der Waals surface area contributed by atoms with Crippen molar-refractivity contribution < 1.29 is 19.1 Å². The Morgan fingerprint density at radius 3 is 2.11 bits per heavy atom. The van der Waals surface area contributed by atoms with Gasteiger partial charge in [0.1, 0.15) is 12.6 Å². The van der Waals surface area contributed by atoms with Crippen molar-refractivity contribution in [2.24, 2.45) is 5.73 Å². The van der Waals surface area contributed by atoms with Gasteiger partial charge in [-0.1, -0.05) is 48.5 Å². The molecule has 0 saturated carbocycles. The second kappa shape index (κ2) is 8.88. The number of benzene rings is 2. The number of carbonyl (C=O) groups is 2. The summed E-state index contributed by atoms with van der Waals surface area (Å²) in [5.74, 6) is -0.603. The van der Waals surface area contributed by atoms with E-state index in [0.29, 0.717) is 0 Å². The highest BCUT2D eigenvalue weighted by Crippen LogP contribution is 2.44. The first-order valence-electron chi connectivity index (χ1n) is 8.48. The van der Waals surface area contributed by atoms with Crippen molar-refractivity contribution in [2.75, 3.05) is 13.7 Å². The highest BCUT2D eigenvalue weighted by Gasteiger charge is 2.29. The minimum Gasteiger partial charge on any atom is -0.468 e. The topological polar surface area (TPSA) is 90.6 Å². The summed E-state index contributed by atoms with van der Waals surface area (Å²) in [6.45, 7) is 1.84. The third-order valence-electron chi connectivity index (χ3n) is 4.70. The molecule has 27 heavy (non-hydrogen) atoms. The number of esters is 1. The minimum absolute atomic E-state index is 0. The van der Waals surface area contributed by atoms with Crippen molar-refractivity contribution in [3.05, 3.63) is 59.7 Å². The van der Waals surface area contributed by atoms with Crippen LogP contribution in [0.3, 0.4) is 0 Å². The number of nitrogens with one attached hydrogen (secondary N) is 1. The van der Waals surface area contributed by atoms with Gasteiger partial charge >= 0.3 is 12.1 Å². The summed E-state index contributed by atoms with van der Waals surface area (Å²) < 4.78 is 9.99. The maximum Gasteiger partial charge on any atom is 0.407 e. The first-order valence-corrected chi connectivity index (χ1v) is 8.48. The molecule has 0 saturated heterocycles. The van der Waals surface area contributed by atoms with Gasteiger partial charge in [0.15, 0.2) is 0 Å². The van der Waals surface area contributed by atoms with E-state index in [1.807, 2.05) is 24.3 Å². The molecular formula is C20H23ClN2O4. The van der Waals surface area contributed by atoms with Gasteiger partial charge in [-0.2, -0.15) is 0 Å². The van der Waals surface area contributed by atoms with Crippen LogP contribution in [0.4, 0.5) is 4.79 Å². The molecule has 1 aliphatic carbocycles. The van der Waals surface area contributed by atoms with E-state index in [1.54, 1.807) is 6.92 Å². The summed E-state index contributed by atoms with van der Waals surface area (Å²) in [6, 6.07) is 14.7. The lowest BCUT2D eigenvalue weighted by molar-refractivity contribution is -0.142. The van der Waals surface area contributed by atoms with Crippen LogP contribution in [0.5, 0.6) is 0 Å². The Morgan fingerprint density at radius 1 is 1.07 bits per heavy atom. The molecule has 0 spiro atoms. The highest BCUT2D eigenvalue weighted by molar-refractivity contribution is 5.85. The first-order chi connectivity index (χ1) is 12.5. The zero-order valence-corrected chi connectivity index (χ0v) is 16.0. The Kier molecular flexibility index (Phi) is 6.82. The second-order valence-electron chi connectivity index (χ2n) is 6.31. The van der Waals surface area contributed by atoms with Crippen LogP contribution in [0.25, 0.3) is 11.1 Å². The molecule has 2 aromatic rings. The van der Waals surface area contributed by atoms with E-state index >= 15 is 0 Å². The molecule has 0 radical (unpaired) electrons. The normalized spacial score (nSPS) is 14.2. The number of hydrogen-bond acceptors (Lipinski definition) is 5. The fourth-order valence-electron chi connectivity index (χ4n) is 3.26. The van der Waals surface area contributed by atoms with Crippen molar-refractivity contribution >= 4 is 24.5 Å². The highest BCUT2D eigenvalue weighted by atomic mass is 35.5. The van der Waals surface area contributed by atoms with E-state index in [2.05, 4.69) is 34.3 Å². The van der Waals surface area contributed by atoms with E-state index < -0.39 is 24.1 Å². The first kappa shape index (κ1) is 20.7. The summed E-state index contributed by atoms with van der Waals surface area (Å²) >= 11 is 0. The van der Waals surface area contributed by atoms with Gasteiger partial charge in [0.05, 0.1) is 13.2 Å². The van der Waals surface area contributed by atoms with Gasteiger partial charge < -0.3 is 20.5 Å². The van der Waals surface area contributed by atoms with Gasteiger partial charge in [-0.3, -0.25) is 4.79 Å². The SMILES string of the molecule is COC(=O)[C@H](N)[C@@H](C)NC(=O)OCC1c2ccccc2-c2ccccc21.Cl. The monoisotopic (exact) mass is 390 g/mol. The lowest BCUT2D eigenvalue weighted by Gasteiger charge is -2.20. The van der Waals surface area contributed by atoms with Crippen LogP contribution in [0.2, 0.25) is 0 Å². The quantitative estimate of drug-likeness (QED) is 0.766. The Hall–Kier alpha value is -2.57. The predicted octanol–water partition coefficient (Wildman–Crippen LogP) is 2.84. The summed E-state index contributed by atoms with van der Waals surface area (Å²) in [5.41, 5.74) is 10.3. The zero-order chi connectivity index (χ0) is 18.7. The van der Waals surface area contributed by atoms with E-state index in [-0.39, 0.29) is 24.9 Å². The molecule has 0 bridgehead atoms. The molecular weight excluding hydrogens is 368 g/mol. The average Bonchev–Trinajstić information content (AvgIpc) is 2.99. The van der Waals surface area contributed by atoms with Crippen LogP contribution in [0, 0.1) is 0 Å². The van der Waals surface area contributed by atoms with Gasteiger partial charge in [0, 0.05) is 5.92 Å². The second-order valence-corrected chi connectivity index (χ2v) is 6.31. The molecule has 0 aliphatic heterocycles. The maximum absolute atomic E-state index is 12.1. The molecule has 0 fully saturated rings. The molecule has 2 aromatic carbocycles. The Labute approximate surface area is 164 Å². The van der Waals surface area contributed by atoms with Gasteiger partial charge in [0.25, 0.3) is 0 Å². The van der Waals surface area contributed by atoms with Gasteiger partial charge in [-0.25, -0.2) is 4.79 Å². The average molecular weight is 391 g/mol. The van der Waals surface area contributed by atoms with E-state index in [4.69, 9.17) is 10.5 Å². The van der Waals surface area contributed by atoms with Crippen LogP contribution in [-0.4, -0.2) is 37.9 Å². The predicted molar refractivity (Wildman–Crippen MR) is 105 cm³/mol. The Balaban J connectivity index is 0.00000261. The number of rotatable bonds is 5. The molecule has 7 heteroatoms. The number of carbonyl (C=O) groups excluding carboxylic acids is 2. The van der Waals surface area contributed by atoms with E-state index in [9.17, 15) is 9.59 Å². The van der Waals surface area contributed by atoms with Crippen molar-refractivity contribution in [1.29, 1.82) is 0 Å². The molecule has 0 aromatic heterocycles. The Morgan fingerprint density at radius 2 is 1.59 bits per heavy atom. The summed E-state index contributed by atoms with van der Waals surface area (Å²) in [7, 11) is 1.25. The molecule has 0 unspecified atom stereocenters. The van der Waals surface area contributed by atoms with Gasteiger partial charge in [0.2, 0.25) is 0 Å². The van der Waals surface area contributed by atoms with Crippen molar-refractivity contribution in [3.8, 4) is 11.1 Å². The number of methoxy groups -OCH3 is 1. The summed E-state index contributed by atoms with van der Waals surface area (Å²) in [4.78, 5) is 23.5. The standard InChI is InChI=1S/C20H22N2O4.ClH/c1-12(18(21)19(23)25-2)22-20(24)26-11-17-15-9-5-3-7-13(15)14-8-4-6-10-16(14)17;/h3-10,12,17-18H,11,21H2,1-2H3,(H,22,24);1H/t12-,18-;/m1./s1. The summed E-state index contributed by atoms with van der Waals surface area (Å²) in [6.07, 6.45) is -0.612. The lowest BCUT2D eigenvalue weighted by Crippen LogP contribution is -2.50. The number of alkyl carbamates (subject to hydrolysis) is 1. The van der Waals surface area contributed by atoms with Crippen LogP contribution < -0.4 is 11.1 Å². The van der Waals surface area contributed by atoms with Crippen LogP contribution in [0.1, 0.15) is 24.0 Å². The molecule has 2 atom stereocenters. The van der Waals surface area contributed by atoms with Crippen LogP contribution in [-0.2, 0) is 14.3 Å². The molecule has 144 valence electrons. The van der Waals surface area contributed by atoms with Gasteiger partial charge in [-0.05, 0) is 29.2 Å². The maximum atomic E-state index is 12.1. The molecule has 1 aliphatic rings. The third-order valence-corrected chi connectivity index (χ3v) is 4.70. The van der Waals surface area contributed by atoms with Crippen molar-refractivity contribution in [3.63, 3.8) is 0 Å². The molecule has 0 heterocycles. The third kappa shape index (κ3) is 4.23. The van der Waals surface area contributed by atoms with E-state index in [1.165, 1.54) is 7.11 Å². The molecule has 3 rings (SSSR count). The Bertz CT molecular complexity index is 782. The zero-order valence-electron chi connectivity index (χ0n) is 15.2. The summed E-state index contributed by atoms with van der Waals surface area (Å²) in [5, 5.41) is 2.58. The minimum atomic E-state index is -0.944.